The predicted molar refractivity (Wildman–Crippen MR) is 140 cm³/mol. The van der Waals surface area contributed by atoms with Crippen molar-refractivity contribution < 1.29 is 18.3 Å². The molecule has 2 aliphatic rings. The van der Waals surface area contributed by atoms with Crippen LogP contribution in [0.4, 0.5) is 11.4 Å². The zero-order chi connectivity index (χ0) is 25.0. The Morgan fingerprint density at radius 2 is 1.77 bits per heavy atom. The van der Waals surface area contributed by atoms with E-state index in [2.05, 4.69) is 28.4 Å². The highest BCUT2D eigenvalue weighted by molar-refractivity contribution is 7.92. The molecule has 4 rings (SSSR count). The van der Waals surface area contributed by atoms with Crippen LogP contribution in [0.15, 0.2) is 47.4 Å². The zero-order valence-corrected chi connectivity index (χ0v) is 21.6. The standard InChI is InChI=1S/C27H37N3O4S/c1-20(2)16-21-7-10-24(11-8-21)35(33,34)28-23-9-12-26(25(17-23)27(31)32)30-15-5-6-22(19-30)18-29-13-3-4-14-29/h7-12,17,20,22,28H,3-6,13-16,18-19H2,1-2H3,(H,31,32)/t22-/m1/s1. The van der Waals surface area contributed by atoms with Crippen LogP contribution in [0.3, 0.4) is 0 Å². The topological polar surface area (TPSA) is 90.0 Å². The zero-order valence-electron chi connectivity index (χ0n) is 20.7. The lowest BCUT2D eigenvalue weighted by atomic mass is 9.96. The third-order valence-electron chi connectivity index (χ3n) is 6.93. The third kappa shape index (κ3) is 6.55. The molecular weight excluding hydrogens is 462 g/mol. The first-order valence-electron chi connectivity index (χ1n) is 12.7. The molecule has 0 spiro atoms. The van der Waals surface area contributed by atoms with E-state index in [1.54, 1.807) is 24.3 Å². The van der Waals surface area contributed by atoms with E-state index < -0.39 is 16.0 Å². The summed E-state index contributed by atoms with van der Waals surface area (Å²) in [4.78, 5) is 17.0. The van der Waals surface area contributed by atoms with Gasteiger partial charge in [-0.05, 0) is 92.9 Å². The lowest BCUT2D eigenvalue weighted by Crippen LogP contribution is -2.41. The maximum atomic E-state index is 12.9. The second-order valence-electron chi connectivity index (χ2n) is 10.3. The number of rotatable bonds is 9. The van der Waals surface area contributed by atoms with Crippen LogP contribution in [0.1, 0.15) is 55.5 Å². The fourth-order valence-electron chi connectivity index (χ4n) is 5.30. The van der Waals surface area contributed by atoms with Crippen LogP contribution in [0.25, 0.3) is 0 Å². The first-order chi connectivity index (χ1) is 16.7. The summed E-state index contributed by atoms with van der Waals surface area (Å²) in [5.74, 6) is -0.0555. The smallest absolute Gasteiger partial charge is 0.337 e. The molecule has 2 fully saturated rings. The highest BCUT2D eigenvalue weighted by Crippen LogP contribution is 2.30. The van der Waals surface area contributed by atoms with E-state index in [4.69, 9.17) is 0 Å². The Morgan fingerprint density at radius 1 is 1.06 bits per heavy atom. The first-order valence-corrected chi connectivity index (χ1v) is 14.2. The van der Waals surface area contributed by atoms with Crippen LogP contribution in [0, 0.1) is 11.8 Å². The van der Waals surface area contributed by atoms with Gasteiger partial charge >= 0.3 is 5.97 Å². The molecule has 0 amide bonds. The number of carboxylic acids is 1. The minimum absolute atomic E-state index is 0.124. The van der Waals surface area contributed by atoms with E-state index in [0.717, 1.165) is 57.5 Å². The van der Waals surface area contributed by atoms with Crippen LogP contribution >= 0.6 is 0 Å². The minimum atomic E-state index is -3.82. The predicted octanol–water partition coefficient (Wildman–Crippen LogP) is 4.70. The van der Waals surface area contributed by atoms with Gasteiger partial charge in [0.25, 0.3) is 10.0 Å². The van der Waals surface area contributed by atoms with E-state index >= 15 is 0 Å². The van der Waals surface area contributed by atoms with E-state index in [0.29, 0.717) is 17.5 Å². The maximum absolute atomic E-state index is 12.9. The number of aromatic carboxylic acids is 1. The van der Waals surface area contributed by atoms with Gasteiger partial charge < -0.3 is 14.9 Å². The van der Waals surface area contributed by atoms with E-state index in [1.807, 2.05) is 12.1 Å². The lowest BCUT2D eigenvalue weighted by Gasteiger charge is -2.36. The van der Waals surface area contributed by atoms with Crippen molar-refractivity contribution >= 4 is 27.4 Å². The molecule has 35 heavy (non-hydrogen) atoms. The van der Waals surface area contributed by atoms with Crippen molar-refractivity contribution in [3.05, 3.63) is 53.6 Å². The lowest BCUT2D eigenvalue weighted by molar-refractivity contribution is 0.0697. The van der Waals surface area contributed by atoms with Gasteiger partial charge in [-0.3, -0.25) is 4.72 Å². The van der Waals surface area contributed by atoms with Gasteiger partial charge in [-0.1, -0.05) is 26.0 Å². The summed E-state index contributed by atoms with van der Waals surface area (Å²) in [6.07, 6.45) is 5.59. The Kier molecular flexibility index (Phi) is 8.02. The number of carboxylic acid groups (broad SMARTS) is 1. The van der Waals surface area contributed by atoms with E-state index in [9.17, 15) is 18.3 Å². The van der Waals surface area contributed by atoms with Crippen LogP contribution in [-0.4, -0.2) is 57.1 Å². The number of sulfonamides is 1. The monoisotopic (exact) mass is 499 g/mol. The van der Waals surface area contributed by atoms with Gasteiger partial charge in [0.2, 0.25) is 0 Å². The van der Waals surface area contributed by atoms with Crippen LogP contribution < -0.4 is 9.62 Å². The summed E-state index contributed by atoms with van der Waals surface area (Å²) in [5, 5.41) is 9.92. The van der Waals surface area contributed by atoms with Gasteiger partial charge in [0.05, 0.1) is 16.1 Å². The average Bonchev–Trinajstić information content (AvgIpc) is 3.32. The Labute approximate surface area is 209 Å². The molecule has 2 aliphatic heterocycles. The Balaban J connectivity index is 1.49. The number of benzene rings is 2. The van der Waals surface area contributed by atoms with Crippen molar-refractivity contribution in [2.75, 3.05) is 42.3 Å². The van der Waals surface area contributed by atoms with Crippen molar-refractivity contribution in [2.24, 2.45) is 11.8 Å². The minimum Gasteiger partial charge on any atom is -0.478 e. The van der Waals surface area contributed by atoms with Crippen molar-refractivity contribution in [1.29, 1.82) is 0 Å². The van der Waals surface area contributed by atoms with Gasteiger partial charge in [0, 0.05) is 25.3 Å². The van der Waals surface area contributed by atoms with Crippen LogP contribution in [-0.2, 0) is 16.4 Å². The molecule has 1 atom stereocenters. The summed E-state index contributed by atoms with van der Waals surface area (Å²) < 4.78 is 28.4. The molecule has 190 valence electrons. The van der Waals surface area contributed by atoms with Crippen molar-refractivity contribution in [1.82, 2.24) is 4.90 Å². The number of hydrogen-bond donors (Lipinski definition) is 2. The summed E-state index contributed by atoms with van der Waals surface area (Å²) in [6, 6.07) is 11.7. The summed E-state index contributed by atoms with van der Waals surface area (Å²) in [6.45, 7) is 9.25. The highest BCUT2D eigenvalue weighted by Gasteiger charge is 2.26. The van der Waals surface area contributed by atoms with Crippen molar-refractivity contribution in [3.63, 3.8) is 0 Å². The molecule has 0 saturated carbocycles. The molecule has 0 unspecified atom stereocenters. The quantitative estimate of drug-likeness (QED) is 0.520. The number of nitrogens with zero attached hydrogens (tertiary/aromatic N) is 2. The van der Waals surface area contributed by atoms with Gasteiger partial charge in [0.1, 0.15) is 0 Å². The molecule has 7 nitrogen and oxygen atoms in total. The number of carbonyl (C=O) groups is 1. The molecule has 2 heterocycles. The molecule has 2 aromatic rings. The molecule has 2 aromatic carbocycles. The number of piperidine rings is 1. The Bertz CT molecular complexity index is 1130. The van der Waals surface area contributed by atoms with Crippen molar-refractivity contribution in [2.45, 2.75) is 50.8 Å². The normalized spacial score (nSPS) is 19.3. The van der Waals surface area contributed by atoms with Crippen molar-refractivity contribution in [3.8, 4) is 0 Å². The molecule has 2 N–H and O–H groups in total. The van der Waals surface area contributed by atoms with Gasteiger partial charge in [-0.25, -0.2) is 13.2 Å². The SMILES string of the molecule is CC(C)Cc1ccc(S(=O)(=O)Nc2ccc(N3CCC[C@H](CN4CCCC4)C3)c(C(=O)O)c2)cc1. The number of hydrogen-bond acceptors (Lipinski definition) is 5. The van der Waals surface area contributed by atoms with Gasteiger partial charge in [-0.2, -0.15) is 0 Å². The largest absolute Gasteiger partial charge is 0.478 e. The van der Waals surface area contributed by atoms with Gasteiger partial charge in [-0.15, -0.1) is 0 Å². The molecule has 8 heteroatoms. The number of nitrogens with one attached hydrogen (secondary N) is 1. The second kappa shape index (κ2) is 11.0. The third-order valence-corrected chi connectivity index (χ3v) is 8.33. The molecule has 0 bridgehead atoms. The van der Waals surface area contributed by atoms with Gasteiger partial charge in [0.15, 0.2) is 0 Å². The summed E-state index contributed by atoms with van der Waals surface area (Å²) >= 11 is 0. The highest BCUT2D eigenvalue weighted by atomic mass is 32.2. The second-order valence-corrected chi connectivity index (χ2v) is 12.0. The van der Waals surface area contributed by atoms with Crippen LogP contribution in [0.2, 0.25) is 0 Å². The number of anilines is 2. The molecule has 0 aliphatic carbocycles. The van der Waals surface area contributed by atoms with Crippen LogP contribution in [0.5, 0.6) is 0 Å². The summed E-state index contributed by atoms with van der Waals surface area (Å²) in [7, 11) is -3.82. The molecular formula is C27H37N3O4S. The molecule has 0 aromatic heterocycles. The molecule has 2 saturated heterocycles. The Hall–Kier alpha value is -2.58. The summed E-state index contributed by atoms with van der Waals surface area (Å²) in [5.41, 5.74) is 2.12. The van der Waals surface area contributed by atoms with E-state index in [-0.39, 0.29) is 16.1 Å². The Morgan fingerprint density at radius 3 is 2.43 bits per heavy atom. The first kappa shape index (κ1) is 25.5. The van der Waals surface area contributed by atoms with E-state index in [1.165, 1.54) is 18.9 Å². The fraction of sp³-hybridized carbons (Fsp3) is 0.519. The average molecular weight is 500 g/mol. The fourth-order valence-corrected chi connectivity index (χ4v) is 6.35. The maximum Gasteiger partial charge on any atom is 0.337 e. The number of likely N-dealkylation sites (tertiary alicyclic amines) is 1. The molecule has 0 radical (unpaired) electrons.